The Morgan fingerprint density at radius 3 is 2.91 bits per heavy atom. The number of urea groups is 1. The maximum atomic E-state index is 11.8. The molecule has 2 aromatic rings. The molecule has 0 aromatic carbocycles. The van der Waals surface area contributed by atoms with Gasteiger partial charge in [0, 0.05) is 12.6 Å². The van der Waals surface area contributed by atoms with Crippen molar-refractivity contribution in [2.24, 2.45) is 0 Å². The molecule has 0 spiro atoms. The summed E-state index contributed by atoms with van der Waals surface area (Å²) in [5.41, 5.74) is 0. The second-order valence-electron chi connectivity index (χ2n) is 5.08. The average Bonchev–Trinajstić information content (AvgIpc) is 3.05. The summed E-state index contributed by atoms with van der Waals surface area (Å²) < 4.78 is 2.11. The van der Waals surface area contributed by atoms with Gasteiger partial charge in [0.1, 0.15) is 0 Å². The summed E-state index contributed by atoms with van der Waals surface area (Å²) in [7, 11) is 0. The van der Waals surface area contributed by atoms with Crippen LogP contribution in [0, 0.1) is 0 Å². The van der Waals surface area contributed by atoms with Gasteiger partial charge in [-0.2, -0.15) is 0 Å². The normalized spacial score (nSPS) is 13.8. The van der Waals surface area contributed by atoms with Gasteiger partial charge >= 0.3 is 6.03 Å². The number of nitrogens with zero attached hydrogens (tertiary/aromatic N) is 3. The van der Waals surface area contributed by atoms with Crippen molar-refractivity contribution >= 4 is 35.0 Å². The molecular weight excluding hydrogens is 334 g/mol. The topological polar surface area (TPSA) is 88.9 Å². The van der Waals surface area contributed by atoms with Gasteiger partial charge in [-0.05, 0) is 31.2 Å². The number of aromatic nitrogens is 3. The van der Waals surface area contributed by atoms with Crippen molar-refractivity contribution in [1.82, 2.24) is 25.4 Å². The molecule has 23 heavy (non-hydrogen) atoms. The molecule has 0 unspecified atom stereocenters. The van der Waals surface area contributed by atoms with Gasteiger partial charge in [0.15, 0.2) is 11.0 Å². The summed E-state index contributed by atoms with van der Waals surface area (Å²) in [5.74, 6) is 0.644. The Morgan fingerprint density at radius 2 is 2.26 bits per heavy atom. The molecule has 3 rings (SSSR count). The Morgan fingerprint density at radius 1 is 1.43 bits per heavy atom. The zero-order valence-electron chi connectivity index (χ0n) is 12.6. The molecule has 3 amide bonds. The molecule has 0 radical (unpaired) electrons. The maximum absolute atomic E-state index is 11.8. The number of nitrogens with one attached hydrogen (secondary N) is 2. The smallest absolute Gasteiger partial charge is 0.321 e. The lowest BCUT2D eigenvalue weighted by Gasteiger charge is -2.08. The summed E-state index contributed by atoms with van der Waals surface area (Å²) >= 11 is 2.93. The molecule has 122 valence electrons. The van der Waals surface area contributed by atoms with Crippen LogP contribution in [0.2, 0.25) is 0 Å². The molecule has 1 fully saturated rings. The Bertz CT molecular complexity index is 694. The second kappa shape index (κ2) is 7.14. The molecule has 7 nitrogen and oxygen atoms in total. The van der Waals surface area contributed by atoms with Crippen molar-refractivity contribution in [3.05, 3.63) is 17.5 Å². The Labute approximate surface area is 141 Å². The first-order chi connectivity index (χ1) is 11.2. The summed E-state index contributed by atoms with van der Waals surface area (Å²) in [6, 6.07) is 3.94. The predicted molar refractivity (Wildman–Crippen MR) is 89.5 cm³/mol. The fourth-order valence-electron chi connectivity index (χ4n) is 2.11. The van der Waals surface area contributed by atoms with Crippen molar-refractivity contribution in [3.8, 4) is 10.7 Å². The molecular formula is C14H17N5O2S2. The molecule has 2 N–H and O–H groups in total. The lowest BCUT2D eigenvalue weighted by Crippen LogP contribution is -2.40. The van der Waals surface area contributed by atoms with Crippen LogP contribution in [0.3, 0.4) is 0 Å². The predicted octanol–water partition coefficient (Wildman–Crippen LogP) is 2.28. The van der Waals surface area contributed by atoms with Gasteiger partial charge in [-0.15, -0.1) is 21.5 Å². The number of carbonyl (C=O) groups excluding carboxylic acids is 2. The molecule has 0 bridgehead atoms. The summed E-state index contributed by atoms with van der Waals surface area (Å²) in [6.07, 6.45) is 2.21. The third kappa shape index (κ3) is 3.91. The van der Waals surface area contributed by atoms with E-state index in [1.165, 1.54) is 11.8 Å². The lowest BCUT2D eigenvalue weighted by molar-refractivity contribution is -0.117. The van der Waals surface area contributed by atoms with Crippen LogP contribution in [0.4, 0.5) is 4.79 Å². The third-order valence-corrected chi connectivity index (χ3v) is 5.05. The number of carbonyl (C=O) groups is 2. The van der Waals surface area contributed by atoms with Crippen LogP contribution in [0.5, 0.6) is 0 Å². The summed E-state index contributed by atoms with van der Waals surface area (Å²) in [4.78, 5) is 24.2. The van der Waals surface area contributed by atoms with Gasteiger partial charge in [0.2, 0.25) is 5.91 Å². The Balaban J connectivity index is 1.67. The van der Waals surface area contributed by atoms with Crippen LogP contribution in [-0.2, 0) is 4.79 Å². The Hall–Kier alpha value is -1.87. The molecule has 1 saturated carbocycles. The van der Waals surface area contributed by atoms with E-state index in [4.69, 9.17) is 0 Å². The highest BCUT2D eigenvalue weighted by molar-refractivity contribution is 7.99. The fraction of sp³-hybridized carbons (Fsp3) is 0.429. The number of rotatable bonds is 6. The van der Waals surface area contributed by atoms with Crippen LogP contribution >= 0.6 is 23.1 Å². The standard InChI is InChI=1S/C14H17N5O2S2/c1-2-15-13(21)16-11(20)8-23-14-18-17-12(10-4-3-7-22-10)19(14)9-5-6-9/h3-4,7,9H,2,5-6,8H2,1H3,(H2,15,16,20,21). The van der Waals surface area contributed by atoms with Crippen molar-refractivity contribution in [1.29, 1.82) is 0 Å². The van der Waals surface area contributed by atoms with Gasteiger partial charge in [-0.1, -0.05) is 17.8 Å². The van der Waals surface area contributed by atoms with Crippen LogP contribution in [0.25, 0.3) is 10.7 Å². The number of amides is 3. The molecule has 0 saturated heterocycles. The van der Waals surface area contributed by atoms with Crippen LogP contribution in [0.1, 0.15) is 25.8 Å². The van der Waals surface area contributed by atoms with Gasteiger partial charge in [0.25, 0.3) is 0 Å². The SMILES string of the molecule is CCNC(=O)NC(=O)CSc1nnc(-c2cccs2)n1C1CC1. The summed E-state index contributed by atoms with van der Waals surface area (Å²) in [6.45, 7) is 2.27. The highest BCUT2D eigenvalue weighted by Gasteiger charge is 2.30. The van der Waals surface area contributed by atoms with E-state index in [2.05, 4.69) is 25.4 Å². The van der Waals surface area contributed by atoms with E-state index in [0.717, 1.165) is 28.7 Å². The van der Waals surface area contributed by atoms with Gasteiger partial charge in [0.05, 0.1) is 10.6 Å². The minimum absolute atomic E-state index is 0.131. The quantitative estimate of drug-likeness (QED) is 0.780. The van der Waals surface area contributed by atoms with Crippen molar-refractivity contribution in [2.75, 3.05) is 12.3 Å². The van der Waals surface area contributed by atoms with E-state index in [9.17, 15) is 9.59 Å². The van der Waals surface area contributed by atoms with E-state index in [1.54, 1.807) is 18.3 Å². The van der Waals surface area contributed by atoms with E-state index in [0.29, 0.717) is 12.6 Å². The average molecular weight is 351 g/mol. The number of hydrogen-bond acceptors (Lipinski definition) is 6. The van der Waals surface area contributed by atoms with Crippen molar-refractivity contribution in [2.45, 2.75) is 31.0 Å². The molecule has 1 aliphatic rings. The molecule has 0 aliphatic heterocycles. The molecule has 1 aliphatic carbocycles. The van der Waals surface area contributed by atoms with Gasteiger partial charge < -0.3 is 5.32 Å². The van der Waals surface area contributed by atoms with Gasteiger partial charge in [-0.25, -0.2) is 4.79 Å². The van der Waals surface area contributed by atoms with E-state index < -0.39 is 6.03 Å². The third-order valence-electron chi connectivity index (χ3n) is 3.24. The van der Waals surface area contributed by atoms with E-state index in [1.807, 2.05) is 17.5 Å². The number of thioether (sulfide) groups is 1. The van der Waals surface area contributed by atoms with Crippen molar-refractivity contribution < 1.29 is 9.59 Å². The zero-order chi connectivity index (χ0) is 16.2. The van der Waals surface area contributed by atoms with Crippen LogP contribution in [-0.4, -0.2) is 39.0 Å². The van der Waals surface area contributed by atoms with E-state index >= 15 is 0 Å². The number of thiophene rings is 1. The van der Waals surface area contributed by atoms with Crippen LogP contribution < -0.4 is 10.6 Å². The maximum Gasteiger partial charge on any atom is 0.321 e. The number of hydrogen-bond donors (Lipinski definition) is 2. The largest absolute Gasteiger partial charge is 0.338 e. The molecule has 9 heteroatoms. The first-order valence-electron chi connectivity index (χ1n) is 7.38. The first-order valence-corrected chi connectivity index (χ1v) is 9.24. The molecule has 2 aromatic heterocycles. The highest BCUT2D eigenvalue weighted by Crippen LogP contribution is 2.41. The summed E-state index contributed by atoms with van der Waals surface area (Å²) in [5, 5.41) is 16.0. The fourth-order valence-corrected chi connectivity index (χ4v) is 3.62. The monoisotopic (exact) mass is 351 g/mol. The molecule has 0 atom stereocenters. The minimum atomic E-state index is -0.471. The minimum Gasteiger partial charge on any atom is -0.338 e. The zero-order valence-corrected chi connectivity index (χ0v) is 14.2. The van der Waals surface area contributed by atoms with Gasteiger partial charge in [-0.3, -0.25) is 14.7 Å². The lowest BCUT2D eigenvalue weighted by atomic mass is 10.4. The highest BCUT2D eigenvalue weighted by atomic mass is 32.2. The molecule has 2 heterocycles. The first kappa shape index (κ1) is 16.0. The van der Waals surface area contributed by atoms with Crippen molar-refractivity contribution in [3.63, 3.8) is 0 Å². The van der Waals surface area contributed by atoms with E-state index in [-0.39, 0.29) is 11.7 Å². The Kier molecular flexibility index (Phi) is 4.97. The van der Waals surface area contributed by atoms with Crippen LogP contribution in [0.15, 0.2) is 22.7 Å². The second-order valence-corrected chi connectivity index (χ2v) is 6.97. The number of imide groups is 1.